The van der Waals surface area contributed by atoms with Gasteiger partial charge in [0.15, 0.2) is 18.7 Å². The predicted octanol–water partition coefficient (Wildman–Crippen LogP) is -5.83. The maximum absolute atomic E-state index is 10.7. The topological polar surface area (TPSA) is 207 Å². The Kier molecular flexibility index (Phi) is 6.45. The minimum Gasteiger partial charge on any atom is -0.394 e. The smallest absolute Gasteiger partial charge is 0.229 e. The van der Waals surface area contributed by atoms with Gasteiger partial charge in [0.2, 0.25) is 5.79 Å². The lowest BCUT2D eigenvalue weighted by Crippen LogP contribution is -2.61. The first kappa shape index (κ1) is 20.5. The Morgan fingerprint density at radius 1 is 1.04 bits per heavy atom. The van der Waals surface area contributed by atoms with Gasteiger partial charge < -0.3 is 59.9 Å². The molecule has 12 nitrogen and oxygen atoms in total. The molecule has 2 saturated heterocycles. The minimum absolute atomic E-state index is 0.0894. The van der Waals surface area contributed by atoms with Crippen molar-refractivity contribution in [2.75, 3.05) is 13.2 Å². The number of aliphatic hydroxyl groups excluding tert-OH is 7. The lowest BCUT2D eigenvalue weighted by Gasteiger charge is -2.41. The lowest BCUT2D eigenvalue weighted by atomic mass is 9.98. The SMILES string of the molecule is O=CC(O)[C@@]1(O)O[C@H](CO)[C@@H](OC2O[C@H](CO)[C@H](O)[C@H](O)[C@H]2O)[C@@H]1O. The van der Waals surface area contributed by atoms with E-state index in [0.29, 0.717) is 0 Å². The highest BCUT2D eigenvalue weighted by atomic mass is 16.7. The Bertz CT molecular complexity index is 460. The van der Waals surface area contributed by atoms with Crippen LogP contribution in [0.4, 0.5) is 0 Å². The number of carbonyl (C=O) groups is 1. The van der Waals surface area contributed by atoms with Crippen molar-refractivity contribution in [3.05, 3.63) is 0 Å². The van der Waals surface area contributed by atoms with Crippen LogP contribution < -0.4 is 0 Å². The van der Waals surface area contributed by atoms with Crippen molar-refractivity contribution in [1.29, 1.82) is 0 Å². The largest absolute Gasteiger partial charge is 0.394 e. The van der Waals surface area contributed by atoms with Crippen molar-refractivity contribution < 1.29 is 59.9 Å². The number of hydrogen-bond donors (Lipinski definition) is 8. The van der Waals surface area contributed by atoms with E-state index in [9.17, 15) is 40.5 Å². The van der Waals surface area contributed by atoms with Gasteiger partial charge in [0.25, 0.3) is 0 Å². The molecule has 0 saturated carbocycles. The monoisotopic (exact) mass is 370 g/mol. The average Bonchev–Trinajstić information content (AvgIpc) is 2.86. The highest BCUT2D eigenvalue weighted by molar-refractivity contribution is 5.58. The first-order chi connectivity index (χ1) is 11.7. The van der Waals surface area contributed by atoms with E-state index >= 15 is 0 Å². The summed E-state index contributed by atoms with van der Waals surface area (Å²) in [6, 6.07) is 0. The van der Waals surface area contributed by atoms with Crippen molar-refractivity contribution in [2.45, 2.75) is 60.9 Å². The van der Waals surface area contributed by atoms with Crippen LogP contribution in [0.15, 0.2) is 0 Å². The third kappa shape index (κ3) is 3.56. The molecule has 2 heterocycles. The zero-order chi connectivity index (χ0) is 18.9. The normalized spacial score (nSPS) is 49.1. The van der Waals surface area contributed by atoms with Crippen LogP contribution in [0.5, 0.6) is 0 Å². The highest BCUT2D eigenvalue weighted by Crippen LogP contribution is 2.35. The van der Waals surface area contributed by atoms with Crippen LogP contribution in [-0.2, 0) is 19.0 Å². The van der Waals surface area contributed by atoms with Gasteiger partial charge >= 0.3 is 0 Å². The van der Waals surface area contributed by atoms with Crippen molar-refractivity contribution in [3.8, 4) is 0 Å². The number of hydrogen-bond acceptors (Lipinski definition) is 12. The fourth-order valence-corrected chi connectivity index (χ4v) is 2.80. The second kappa shape index (κ2) is 7.85. The summed E-state index contributed by atoms with van der Waals surface area (Å²) < 4.78 is 15.2. The predicted molar refractivity (Wildman–Crippen MR) is 73.6 cm³/mol. The molecule has 2 aliphatic rings. The summed E-state index contributed by atoms with van der Waals surface area (Å²) in [5.41, 5.74) is 0. The number of aliphatic hydroxyl groups is 8. The molecule has 0 radical (unpaired) electrons. The minimum atomic E-state index is -2.77. The van der Waals surface area contributed by atoms with E-state index in [1.54, 1.807) is 0 Å². The molecule has 2 unspecified atom stereocenters. The van der Waals surface area contributed by atoms with Crippen molar-refractivity contribution in [3.63, 3.8) is 0 Å². The van der Waals surface area contributed by atoms with Crippen molar-refractivity contribution in [1.82, 2.24) is 0 Å². The van der Waals surface area contributed by atoms with Crippen LogP contribution in [-0.4, -0.2) is 121 Å². The molecule has 12 heteroatoms. The summed E-state index contributed by atoms with van der Waals surface area (Å²) in [4.78, 5) is 10.7. The standard InChI is InChI=1S/C13H22O12/c14-1-4-7(18)8(19)9(20)12(23-4)24-10-5(2-15)25-13(22,11(10)21)6(17)3-16/h3-12,14-15,17-22H,1-2H2/t4-,5-,6?,7+,8+,9-,10-,11+,12?,13-/m1/s1. The molecule has 2 fully saturated rings. The Labute approximate surface area is 141 Å². The van der Waals surface area contributed by atoms with Crippen molar-refractivity contribution in [2.24, 2.45) is 0 Å². The van der Waals surface area contributed by atoms with E-state index in [1.165, 1.54) is 0 Å². The molecule has 8 N–H and O–H groups in total. The zero-order valence-electron chi connectivity index (χ0n) is 12.9. The number of aldehydes is 1. The lowest BCUT2D eigenvalue weighted by molar-refractivity contribution is -0.319. The summed E-state index contributed by atoms with van der Waals surface area (Å²) in [5.74, 6) is -2.77. The van der Waals surface area contributed by atoms with E-state index in [2.05, 4.69) is 0 Å². The Balaban J connectivity index is 2.18. The van der Waals surface area contributed by atoms with Gasteiger partial charge in [-0.05, 0) is 0 Å². The molecule has 0 aromatic heterocycles. The quantitative estimate of drug-likeness (QED) is 0.206. The molecule has 0 aromatic rings. The molecule has 2 rings (SSSR count). The third-order valence-corrected chi connectivity index (χ3v) is 4.31. The van der Waals surface area contributed by atoms with Gasteiger partial charge in [-0.1, -0.05) is 0 Å². The second-order valence-corrected chi connectivity index (χ2v) is 5.91. The summed E-state index contributed by atoms with van der Waals surface area (Å²) in [6.45, 7) is -1.52. The Morgan fingerprint density at radius 2 is 1.64 bits per heavy atom. The summed E-state index contributed by atoms with van der Waals surface area (Å²) in [7, 11) is 0. The first-order valence-corrected chi connectivity index (χ1v) is 7.49. The molecule has 10 atom stereocenters. The van der Waals surface area contributed by atoms with Gasteiger partial charge in [-0.2, -0.15) is 0 Å². The molecule has 25 heavy (non-hydrogen) atoms. The van der Waals surface area contributed by atoms with Gasteiger partial charge in [0, 0.05) is 0 Å². The van der Waals surface area contributed by atoms with Gasteiger partial charge in [-0.25, -0.2) is 0 Å². The molecule has 0 amide bonds. The van der Waals surface area contributed by atoms with Gasteiger partial charge in [0.1, 0.15) is 42.7 Å². The van der Waals surface area contributed by atoms with Crippen LogP contribution in [0.1, 0.15) is 0 Å². The molecule has 0 aliphatic carbocycles. The van der Waals surface area contributed by atoms with Crippen LogP contribution >= 0.6 is 0 Å². The molecular weight excluding hydrogens is 348 g/mol. The fraction of sp³-hybridized carbons (Fsp3) is 0.923. The maximum atomic E-state index is 10.7. The Morgan fingerprint density at radius 3 is 2.16 bits per heavy atom. The number of rotatable bonds is 6. The number of ether oxygens (including phenoxy) is 3. The summed E-state index contributed by atoms with van der Waals surface area (Å²) in [5, 5.41) is 77.5. The number of carbonyl (C=O) groups excluding carboxylic acids is 1. The summed E-state index contributed by atoms with van der Waals surface area (Å²) >= 11 is 0. The Hall–Kier alpha value is -0.770. The molecule has 2 aliphatic heterocycles. The molecule has 0 spiro atoms. The average molecular weight is 370 g/mol. The van der Waals surface area contributed by atoms with Crippen molar-refractivity contribution >= 4 is 6.29 Å². The zero-order valence-corrected chi connectivity index (χ0v) is 12.9. The fourth-order valence-electron chi connectivity index (χ4n) is 2.80. The third-order valence-electron chi connectivity index (χ3n) is 4.31. The maximum Gasteiger partial charge on any atom is 0.229 e. The second-order valence-electron chi connectivity index (χ2n) is 5.91. The molecule has 146 valence electrons. The van der Waals surface area contributed by atoms with Crippen LogP contribution in [0.25, 0.3) is 0 Å². The van der Waals surface area contributed by atoms with E-state index in [4.69, 9.17) is 19.3 Å². The van der Waals surface area contributed by atoms with E-state index in [1.807, 2.05) is 0 Å². The van der Waals surface area contributed by atoms with E-state index < -0.39 is 74.1 Å². The van der Waals surface area contributed by atoms with Gasteiger partial charge in [0.05, 0.1) is 13.2 Å². The molecule has 0 bridgehead atoms. The van der Waals surface area contributed by atoms with Gasteiger partial charge in [-0.15, -0.1) is 0 Å². The first-order valence-electron chi connectivity index (χ1n) is 7.49. The van der Waals surface area contributed by atoms with Crippen LogP contribution in [0, 0.1) is 0 Å². The van der Waals surface area contributed by atoms with Crippen LogP contribution in [0.2, 0.25) is 0 Å². The molecular formula is C13H22O12. The molecule has 0 aromatic carbocycles. The van der Waals surface area contributed by atoms with E-state index in [0.717, 1.165) is 0 Å². The van der Waals surface area contributed by atoms with Crippen LogP contribution in [0.3, 0.4) is 0 Å². The van der Waals surface area contributed by atoms with E-state index in [-0.39, 0.29) is 6.29 Å². The highest BCUT2D eigenvalue weighted by Gasteiger charge is 2.59. The summed E-state index contributed by atoms with van der Waals surface area (Å²) in [6.07, 6.45) is -15.4. The van der Waals surface area contributed by atoms with Gasteiger partial charge in [-0.3, -0.25) is 0 Å².